The predicted molar refractivity (Wildman–Crippen MR) is 99.6 cm³/mol. The SMILES string of the molecule is CC[C@H](COC)Nc1nc(-c2ccncc2)nc2c1CCN(C(C)=O)C2. The summed E-state index contributed by atoms with van der Waals surface area (Å²) in [5, 5.41) is 3.52. The van der Waals surface area contributed by atoms with Gasteiger partial charge in [-0.1, -0.05) is 6.92 Å². The van der Waals surface area contributed by atoms with Crippen LogP contribution in [0.5, 0.6) is 0 Å². The lowest BCUT2D eigenvalue weighted by Gasteiger charge is -2.29. The Balaban J connectivity index is 2.01. The smallest absolute Gasteiger partial charge is 0.219 e. The molecule has 1 aliphatic rings. The molecule has 0 bridgehead atoms. The number of aromatic nitrogens is 3. The van der Waals surface area contributed by atoms with Gasteiger partial charge in [0.15, 0.2) is 5.82 Å². The second-order valence-electron chi connectivity index (χ2n) is 6.45. The summed E-state index contributed by atoms with van der Waals surface area (Å²) in [6.45, 7) is 5.53. The zero-order valence-corrected chi connectivity index (χ0v) is 15.5. The molecular formula is C19H25N5O2. The molecular weight excluding hydrogens is 330 g/mol. The predicted octanol–water partition coefficient (Wildman–Crippen LogP) is 2.28. The van der Waals surface area contributed by atoms with Crippen molar-refractivity contribution in [3.05, 3.63) is 35.8 Å². The van der Waals surface area contributed by atoms with Gasteiger partial charge in [0.1, 0.15) is 5.82 Å². The van der Waals surface area contributed by atoms with Crippen molar-refractivity contribution in [3.8, 4) is 11.4 Å². The lowest BCUT2D eigenvalue weighted by Crippen LogP contribution is -2.36. The van der Waals surface area contributed by atoms with Crippen LogP contribution in [0.15, 0.2) is 24.5 Å². The fourth-order valence-electron chi connectivity index (χ4n) is 3.10. The maximum Gasteiger partial charge on any atom is 0.219 e. The summed E-state index contributed by atoms with van der Waals surface area (Å²) in [4.78, 5) is 27.2. The molecule has 0 spiro atoms. The molecule has 0 aliphatic carbocycles. The average molecular weight is 355 g/mol. The van der Waals surface area contributed by atoms with Gasteiger partial charge in [0, 0.05) is 44.1 Å². The number of hydrogen-bond donors (Lipinski definition) is 1. The number of rotatable bonds is 6. The lowest BCUT2D eigenvalue weighted by molar-refractivity contribution is -0.129. The van der Waals surface area contributed by atoms with E-state index in [0.717, 1.165) is 35.5 Å². The quantitative estimate of drug-likeness (QED) is 0.856. The molecule has 1 aliphatic heterocycles. The molecule has 0 fully saturated rings. The summed E-state index contributed by atoms with van der Waals surface area (Å²) >= 11 is 0. The zero-order chi connectivity index (χ0) is 18.5. The largest absolute Gasteiger partial charge is 0.383 e. The van der Waals surface area contributed by atoms with E-state index in [9.17, 15) is 4.79 Å². The Morgan fingerprint density at radius 2 is 2.12 bits per heavy atom. The van der Waals surface area contributed by atoms with Crippen molar-refractivity contribution in [3.63, 3.8) is 0 Å². The minimum atomic E-state index is 0.0695. The van der Waals surface area contributed by atoms with Crippen LogP contribution in [0.2, 0.25) is 0 Å². The number of pyridine rings is 1. The van der Waals surface area contributed by atoms with Crippen molar-refractivity contribution in [2.24, 2.45) is 0 Å². The van der Waals surface area contributed by atoms with Crippen LogP contribution in [0.1, 0.15) is 31.5 Å². The van der Waals surface area contributed by atoms with Gasteiger partial charge >= 0.3 is 0 Å². The number of fused-ring (bicyclic) bond motifs is 1. The van der Waals surface area contributed by atoms with Crippen molar-refractivity contribution in [2.45, 2.75) is 39.3 Å². The van der Waals surface area contributed by atoms with Crippen molar-refractivity contribution in [2.75, 3.05) is 25.6 Å². The number of anilines is 1. The zero-order valence-electron chi connectivity index (χ0n) is 15.5. The second-order valence-corrected chi connectivity index (χ2v) is 6.45. The Kier molecular flexibility index (Phi) is 5.78. The van der Waals surface area contributed by atoms with Gasteiger partial charge in [-0.3, -0.25) is 9.78 Å². The van der Waals surface area contributed by atoms with Gasteiger partial charge in [-0.05, 0) is 25.0 Å². The molecule has 0 radical (unpaired) electrons. The number of nitrogens with zero attached hydrogens (tertiary/aromatic N) is 4. The fourth-order valence-corrected chi connectivity index (χ4v) is 3.10. The second kappa shape index (κ2) is 8.23. The number of hydrogen-bond acceptors (Lipinski definition) is 6. The Labute approximate surface area is 153 Å². The number of amides is 1. The van der Waals surface area contributed by atoms with E-state index in [0.29, 0.717) is 25.5 Å². The summed E-state index contributed by atoms with van der Waals surface area (Å²) in [6, 6.07) is 3.96. The Bertz CT molecular complexity index is 766. The highest BCUT2D eigenvalue weighted by Gasteiger charge is 2.25. The maximum absolute atomic E-state index is 11.8. The minimum absolute atomic E-state index is 0.0695. The first-order chi connectivity index (χ1) is 12.6. The van der Waals surface area contributed by atoms with E-state index in [4.69, 9.17) is 14.7 Å². The van der Waals surface area contributed by atoms with Crippen molar-refractivity contribution < 1.29 is 9.53 Å². The molecule has 1 N–H and O–H groups in total. The first-order valence-corrected chi connectivity index (χ1v) is 8.93. The van der Waals surface area contributed by atoms with E-state index in [1.807, 2.05) is 17.0 Å². The molecule has 0 saturated heterocycles. The summed E-state index contributed by atoms with van der Waals surface area (Å²) in [7, 11) is 1.70. The van der Waals surface area contributed by atoms with Gasteiger partial charge in [0.05, 0.1) is 24.9 Å². The molecule has 2 aromatic heterocycles. The number of ether oxygens (including phenoxy) is 1. The molecule has 0 unspecified atom stereocenters. The Morgan fingerprint density at radius 1 is 1.35 bits per heavy atom. The molecule has 0 saturated carbocycles. The highest BCUT2D eigenvalue weighted by atomic mass is 16.5. The highest BCUT2D eigenvalue weighted by Crippen LogP contribution is 2.27. The lowest BCUT2D eigenvalue weighted by atomic mass is 10.0. The maximum atomic E-state index is 11.8. The monoisotopic (exact) mass is 355 g/mol. The molecule has 3 heterocycles. The van der Waals surface area contributed by atoms with Crippen LogP contribution in [0, 0.1) is 0 Å². The van der Waals surface area contributed by atoms with E-state index in [-0.39, 0.29) is 11.9 Å². The number of carbonyl (C=O) groups excluding carboxylic acids is 1. The van der Waals surface area contributed by atoms with Gasteiger partial charge < -0.3 is 15.0 Å². The van der Waals surface area contributed by atoms with E-state index < -0.39 is 0 Å². The standard InChI is InChI=1S/C19H25N5O2/c1-4-15(12-26-3)21-19-16-7-10-24(13(2)25)11-17(16)22-18(23-19)14-5-8-20-9-6-14/h5-6,8-9,15H,4,7,10-12H2,1-3H3,(H,21,22,23)/t15-/m1/s1. The molecule has 3 rings (SSSR count). The first kappa shape index (κ1) is 18.3. The van der Waals surface area contributed by atoms with E-state index in [1.165, 1.54) is 0 Å². The third kappa shape index (κ3) is 3.99. The number of nitrogens with one attached hydrogen (secondary N) is 1. The van der Waals surface area contributed by atoms with Crippen LogP contribution in [0.3, 0.4) is 0 Å². The van der Waals surface area contributed by atoms with Gasteiger partial charge in [0.2, 0.25) is 5.91 Å². The van der Waals surface area contributed by atoms with Crippen molar-refractivity contribution in [1.82, 2.24) is 19.9 Å². The van der Waals surface area contributed by atoms with Crippen LogP contribution in [-0.2, 0) is 22.5 Å². The van der Waals surface area contributed by atoms with Crippen molar-refractivity contribution >= 4 is 11.7 Å². The number of methoxy groups -OCH3 is 1. The average Bonchev–Trinajstić information content (AvgIpc) is 2.67. The molecule has 7 nitrogen and oxygen atoms in total. The molecule has 7 heteroatoms. The fraction of sp³-hybridized carbons (Fsp3) is 0.474. The van der Waals surface area contributed by atoms with E-state index >= 15 is 0 Å². The van der Waals surface area contributed by atoms with Crippen LogP contribution in [0.4, 0.5) is 5.82 Å². The Morgan fingerprint density at radius 3 is 2.77 bits per heavy atom. The summed E-state index contributed by atoms with van der Waals surface area (Å²) in [5.41, 5.74) is 2.91. The van der Waals surface area contributed by atoms with Crippen LogP contribution in [-0.4, -0.2) is 52.1 Å². The normalized spacial score (nSPS) is 14.7. The molecule has 138 valence electrons. The van der Waals surface area contributed by atoms with Gasteiger partial charge in [-0.25, -0.2) is 9.97 Å². The minimum Gasteiger partial charge on any atom is -0.383 e. The summed E-state index contributed by atoms with van der Waals surface area (Å²) in [6.07, 6.45) is 5.13. The van der Waals surface area contributed by atoms with Gasteiger partial charge in [-0.15, -0.1) is 0 Å². The summed E-state index contributed by atoms with van der Waals surface area (Å²) in [5.74, 6) is 1.56. The highest BCUT2D eigenvalue weighted by molar-refractivity contribution is 5.74. The van der Waals surface area contributed by atoms with Crippen LogP contribution >= 0.6 is 0 Å². The molecule has 1 atom stereocenters. The topological polar surface area (TPSA) is 80.2 Å². The third-order valence-corrected chi connectivity index (χ3v) is 4.65. The first-order valence-electron chi connectivity index (χ1n) is 8.93. The van der Waals surface area contributed by atoms with Gasteiger partial charge in [-0.2, -0.15) is 0 Å². The number of carbonyl (C=O) groups is 1. The summed E-state index contributed by atoms with van der Waals surface area (Å²) < 4.78 is 5.31. The molecule has 2 aromatic rings. The van der Waals surface area contributed by atoms with Crippen LogP contribution < -0.4 is 5.32 Å². The molecule has 26 heavy (non-hydrogen) atoms. The third-order valence-electron chi connectivity index (χ3n) is 4.65. The van der Waals surface area contributed by atoms with E-state index in [2.05, 4.69) is 17.2 Å². The Hall–Kier alpha value is -2.54. The van der Waals surface area contributed by atoms with Gasteiger partial charge in [0.25, 0.3) is 0 Å². The molecule has 0 aromatic carbocycles. The van der Waals surface area contributed by atoms with Crippen molar-refractivity contribution in [1.29, 1.82) is 0 Å². The van der Waals surface area contributed by atoms with Crippen LogP contribution in [0.25, 0.3) is 11.4 Å². The molecule has 1 amide bonds. The van der Waals surface area contributed by atoms with E-state index in [1.54, 1.807) is 26.4 Å².